The summed E-state index contributed by atoms with van der Waals surface area (Å²) in [4.78, 5) is 99.2. The van der Waals surface area contributed by atoms with Crippen LogP contribution in [-0.2, 0) is 375 Å². The second kappa shape index (κ2) is 137. The largest absolute Gasteiger partial charge is 0.542 e. The van der Waals surface area contributed by atoms with Crippen molar-refractivity contribution >= 4 is 113 Å². The van der Waals surface area contributed by atoms with Crippen molar-refractivity contribution in [1.82, 2.24) is 0 Å². The van der Waals surface area contributed by atoms with Gasteiger partial charge in [0.25, 0.3) is 0 Å². The molecule has 0 aliphatic heterocycles. The van der Waals surface area contributed by atoms with Gasteiger partial charge in [0.2, 0.25) is 0 Å². The van der Waals surface area contributed by atoms with Crippen molar-refractivity contribution in [2.45, 2.75) is 306 Å². The molecule has 0 saturated carbocycles. The minimum atomic E-state index is 0. The molecular formula is C76H142O10S4Y10-10. The first-order valence-electron chi connectivity index (χ1n) is 34.5. The van der Waals surface area contributed by atoms with Gasteiger partial charge < -0.3 is 47.9 Å². The zero-order valence-electron chi connectivity index (χ0n) is 67.7. The van der Waals surface area contributed by atoms with Crippen LogP contribution in [0.5, 0.6) is 0 Å². The fourth-order valence-corrected chi connectivity index (χ4v) is 8.58. The normalized spacial score (nSPS) is 13.0. The predicted octanol–water partition coefficient (Wildman–Crippen LogP) is 20.3. The van der Waals surface area contributed by atoms with Crippen LogP contribution in [0.2, 0.25) is 0 Å². The number of carbonyl (C=O) groups excluding carboxylic acids is 10. The molecule has 10 nitrogen and oxygen atoms in total. The van der Waals surface area contributed by atoms with Gasteiger partial charge in [-0.3, -0.25) is 62.9 Å². The van der Waals surface area contributed by atoms with Crippen LogP contribution in [0.1, 0.15) is 306 Å². The van der Waals surface area contributed by atoms with E-state index in [4.69, 9.17) is 0 Å². The molecule has 0 aliphatic carbocycles. The zero-order valence-corrected chi connectivity index (χ0v) is 99.6. The molecule has 0 rings (SSSR count). The zero-order chi connectivity index (χ0) is 72.1. The number of unbranched alkanes of at least 4 members (excludes halogenated alkanes) is 2. The molecule has 0 bridgehead atoms. The number of hydrogen-bond acceptors (Lipinski definition) is 14. The van der Waals surface area contributed by atoms with E-state index in [0.717, 1.165) is 133 Å². The Labute approximate surface area is 895 Å². The van der Waals surface area contributed by atoms with E-state index in [-0.39, 0.29) is 351 Å². The van der Waals surface area contributed by atoms with Crippen molar-refractivity contribution in [1.29, 1.82) is 0 Å². The molecule has 13 atom stereocenters. The summed E-state index contributed by atoms with van der Waals surface area (Å²) in [5.41, 5.74) is 0. The fraction of sp³-hybridized carbons (Fsp3) is 0.868. The van der Waals surface area contributed by atoms with Gasteiger partial charge in [-0.2, -0.15) is 69.8 Å². The molecule has 0 spiro atoms. The Balaban J connectivity index is -0.0000000391. The maximum Gasteiger partial charge on any atom is 0 e. The van der Waals surface area contributed by atoms with E-state index >= 15 is 0 Å². The molecule has 0 aromatic heterocycles. The van der Waals surface area contributed by atoms with Crippen molar-refractivity contribution in [2.24, 2.45) is 94.7 Å². The van der Waals surface area contributed by atoms with Crippen molar-refractivity contribution in [3.8, 4) is 0 Å². The van der Waals surface area contributed by atoms with E-state index in [1.165, 1.54) is 0 Å². The van der Waals surface area contributed by atoms with Gasteiger partial charge in [0, 0.05) is 327 Å². The molecule has 0 aromatic rings. The second-order valence-corrected chi connectivity index (χ2v) is 27.4. The molecule has 0 fully saturated rings. The molecule has 100 heavy (non-hydrogen) atoms. The number of thiol groups is 4. The maximum absolute atomic E-state index is 10.1. The molecule has 0 N–H and O–H groups in total. The molecule has 0 heterocycles. The molecule has 24 heteroatoms. The minimum Gasteiger partial charge on any atom is -0.542 e. The monoisotopic (exact) mass is 2230 g/mol. The van der Waals surface area contributed by atoms with E-state index < -0.39 is 0 Å². The van der Waals surface area contributed by atoms with Crippen LogP contribution in [0.25, 0.3) is 0 Å². The van der Waals surface area contributed by atoms with Crippen LogP contribution in [0.4, 0.5) is 0 Å². The van der Waals surface area contributed by atoms with Gasteiger partial charge in [-0.15, -0.1) is 42.9 Å². The first-order valence-corrected chi connectivity index (χ1v) is 37.1. The summed E-state index contributed by atoms with van der Waals surface area (Å²) in [6.45, 7) is 46.4. The summed E-state index contributed by atoms with van der Waals surface area (Å²) < 4.78 is 0. The van der Waals surface area contributed by atoms with Crippen LogP contribution < -0.4 is 0 Å². The van der Waals surface area contributed by atoms with Gasteiger partial charge in [-0.25, -0.2) is 0 Å². The summed E-state index contributed by atoms with van der Waals surface area (Å²) in [7, 11) is 0. The smallest absolute Gasteiger partial charge is 0 e. The average molecular weight is 2230 g/mol. The summed E-state index contributed by atoms with van der Waals surface area (Å²) in [6.07, 6.45) is 42.2. The Kier molecular flexibility index (Phi) is 220. The van der Waals surface area contributed by atoms with Gasteiger partial charge >= 0.3 is 0 Å². The Bertz CT molecular complexity index is 1480. The third kappa shape index (κ3) is 155. The van der Waals surface area contributed by atoms with E-state index in [0.29, 0.717) is 115 Å². The second-order valence-electron chi connectivity index (χ2n) is 25.9. The Hall–Kier alpha value is 9.14. The topological polar surface area (TPSA) is 171 Å². The van der Waals surface area contributed by atoms with Gasteiger partial charge in [0.05, 0.1) is 0 Å². The molecule has 0 saturated heterocycles. The van der Waals surface area contributed by atoms with Gasteiger partial charge in [0.15, 0.2) is 0 Å². The Morgan fingerprint density at radius 1 is 0.290 bits per heavy atom. The summed E-state index contributed by atoms with van der Waals surface area (Å²) >= 11 is 16.4. The molecule has 0 aliphatic rings. The van der Waals surface area contributed by atoms with Crippen molar-refractivity contribution in [2.75, 3.05) is 23.0 Å². The maximum atomic E-state index is 10.1. The van der Waals surface area contributed by atoms with Gasteiger partial charge in [-0.1, -0.05) is 292 Å². The van der Waals surface area contributed by atoms with Crippen LogP contribution in [0.3, 0.4) is 0 Å². The predicted molar refractivity (Wildman–Crippen MR) is 404 cm³/mol. The Morgan fingerprint density at radius 2 is 0.750 bits per heavy atom. The molecule has 0 aromatic carbocycles. The summed E-state index contributed by atoms with van der Waals surface area (Å²) in [5.74, 6) is 11.0. The SMILES string of the molecule is CC(C)C(C)CC[C-]=O.CC(C)CC(C)C[C-]=O.CC(C)CCC(C)[C-]=O.CC(CS)CCC[C-]=O.CCC(C)C(C)C[C-]=O.CCC(C)CC(C)[C-]=O.CCC(CS)CC[C-]=O.CCCC(C)C(C)[C-]=O.CCCC(CS)C[C-]=O.CCCCC([C-]=O)CS.[Y].[Y].[Y].[Y].[Y].[Y].[Y].[Y].[Y].[Y]. The van der Waals surface area contributed by atoms with Crippen molar-refractivity contribution in [3.63, 3.8) is 0 Å². The van der Waals surface area contributed by atoms with E-state index in [2.05, 4.69) is 182 Å². The quantitative estimate of drug-likeness (QED) is 0.0262. The third-order valence-electron chi connectivity index (χ3n) is 15.4. The van der Waals surface area contributed by atoms with E-state index in [1.54, 1.807) is 0 Å². The van der Waals surface area contributed by atoms with E-state index in [9.17, 15) is 47.9 Å². The van der Waals surface area contributed by atoms with Crippen LogP contribution in [0.15, 0.2) is 0 Å². The molecular weight excluding hydrogens is 2090 g/mol. The minimum absolute atomic E-state index is 0. The van der Waals surface area contributed by atoms with Crippen molar-refractivity contribution < 1.29 is 375 Å². The van der Waals surface area contributed by atoms with E-state index in [1.807, 2.05) is 83.6 Å². The fourth-order valence-electron chi connectivity index (χ4n) is 7.39. The van der Waals surface area contributed by atoms with Crippen LogP contribution in [-0.4, -0.2) is 85.9 Å². The molecule has 10 radical (unpaired) electrons. The van der Waals surface area contributed by atoms with Crippen LogP contribution >= 0.6 is 50.5 Å². The number of rotatable bonds is 44. The number of hydrogen-bond donors (Lipinski definition) is 4. The summed E-state index contributed by atoms with van der Waals surface area (Å²) in [6, 6.07) is 0. The van der Waals surface area contributed by atoms with Crippen LogP contribution in [0, 0.1) is 94.7 Å². The first kappa shape index (κ1) is 161. The third-order valence-corrected chi connectivity index (χ3v) is 17.5. The van der Waals surface area contributed by atoms with Crippen molar-refractivity contribution in [3.05, 3.63) is 0 Å². The molecule has 0 amide bonds. The summed E-state index contributed by atoms with van der Waals surface area (Å²) in [5, 5.41) is 0. The van der Waals surface area contributed by atoms with Gasteiger partial charge in [0.1, 0.15) is 0 Å². The molecule has 570 valence electrons. The Morgan fingerprint density at radius 3 is 1.06 bits per heavy atom. The standard InChI is InChI=1S/6C8H15O.4C7H13OS.10Y/c1-7(2)6-8(3)4-5-9;1-7(2)4-5-8(3)6-9;1-7(2)8(3)5-4-6-9;1-4-7(2)5-8(3)6-9;1-4-7(2)8(3)5-6-9;1-4-5-7(2)8(3)6-9;1-7(6-9)4-2-3-5-8;1-2-7(6-9)4-3-5-8;1-2-3-7(6-9)4-5-8;1-2-3-4-7(5-8)6-9;;;;;;;;;;/h7-8H,4,6H2,1-3H3;5*7-8H,4-5H2,1-3H3;4*7,9H,2-4,6H2,1H3;;;;;;;;;;/q10*-1;;;;;;;;;;. The molecule has 13 unspecified atom stereocenters. The first-order chi connectivity index (χ1) is 42.5. The average Bonchev–Trinajstić information content (AvgIpc) is 3.56. The van der Waals surface area contributed by atoms with Gasteiger partial charge in [-0.05, 0) is 70.4 Å².